The Kier molecular flexibility index (Phi) is 10.8. The van der Waals surface area contributed by atoms with Gasteiger partial charge in [0, 0.05) is 28.6 Å². The van der Waals surface area contributed by atoms with Gasteiger partial charge in [0.15, 0.2) is 0 Å². The van der Waals surface area contributed by atoms with E-state index >= 15 is 0 Å². The summed E-state index contributed by atoms with van der Waals surface area (Å²) < 4.78 is 13.7. The highest BCUT2D eigenvalue weighted by Crippen LogP contribution is 2.57. The fourth-order valence-electron chi connectivity index (χ4n) is 13.8. The van der Waals surface area contributed by atoms with Crippen LogP contribution in [0.1, 0.15) is 130 Å². The molecule has 0 spiro atoms. The molecule has 3 aromatic heterocycles. The molecule has 79 heavy (non-hydrogen) atoms. The molecular weight excluding hydrogens is 961 g/mol. The van der Waals surface area contributed by atoms with Crippen molar-refractivity contribution >= 4 is 32.8 Å². The molecular formula is C74H70N4O. The van der Waals surface area contributed by atoms with Gasteiger partial charge in [-0.2, -0.15) is 0 Å². The Morgan fingerprint density at radius 3 is 1.67 bits per heavy atom. The lowest BCUT2D eigenvalue weighted by molar-refractivity contribution is -0.571. The molecule has 0 radical (unpaired) electrons. The van der Waals surface area contributed by atoms with Crippen LogP contribution >= 0.6 is 0 Å². The molecule has 0 amide bonds. The molecule has 14 rings (SSSR count). The first-order valence-corrected chi connectivity index (χ1v) is 28.6. The maximum absolute atomic E-state index is 6.89. The van der Waals surface area contributed by atoms with Gasteiger partial charge >= 0.3 is 0 Å². The molecule has 5 heteroatoms. The minimum Gasteiger partial charge on any atom is -0.458 e. The molecule has 5 nitrogen and oxygen atoms in total. The van der Waals surface area contributed by atoms with Crippen LogP contribution in [0.4, 0.5) is 0 Å². The average Bonchev–Trinajstić information content (AvgIpc) is 3.98. The summed E-state index contributed by atoms with van der Waals surface area (Å²) in [5.41, 5.74) is 23.8. The Hall–Kier alpha value is -8.02. The van der Waals surface area contributed by atoms with Gasteiger partial charge in [-0.3, -0.25) is 13.7 Å². The van der Waals surface area contributed by atoms with Crippen LogP contribution in [0.25, 0.3) is 94.5 Å². The zero-order valence-corrected chi connectivity index (χ0v) is 47.8. The number of benzene rings is 8. The summed E-state index contributed by atoms with van der Waals surface area (Å²) in [6, 6.07) is 63.2. The van der Waals surface area contributed by atoms with E-state index in [1.54, 1.807) is 0 Å². The second-order valence-corrected chi connectivity index (χ2v) is 26.7. The number of para-hydroxylation sites is 3. The number of imidazole rings is 1. The predicted octanol–water partition coefficient (Wildman–Crippen LogP) is 19.0. The third-order valence-electron chi connectivity index (χ3n) is 18.7. The Morgan fingerprint density at radius 2 is 1.00 bits per heavy atom. The lowest BCUT2D eigenvalue weighted by Crippen LogP contribution is -2.34. The quantitative estimate of drug-likeness (QED) is 0.127. The smallest absolute Gasteiger partial charge is 0.269 e. The lowest BCUT2D eigenvalue weighted by atomic mass is 9.60. The van der Waals surface area contributed by atoms with Crippen LogP contribution in [0.15, 0.2) is 176 Å². The van der Waals surface area contributed by atoms with E-state index < -0.39 is 0 Å². The number of pyridine rings is 1. The highest BCUT2D eigenvalue weighted by atomic mass is 16.5. The van der Waals surface area contributed by atoms with Crippen LogP contribution in [0.5, 0.6) is 11.5 Å². The molecule has 3 aliphatic carbocycles. The van der Waals surface area contributed by atoms with Gasteiger partial charge in [-0.1, -0.05) is 167 Å². The average molecular weight is 1030 g/mol. The van der Waals surface area contributed by atoms with Gasteiger partial charge in [0.05, 0.1) is 33.4 Å². The Balaban J connectivity index is 0.949. The van der Waals surface area contributed by atoms with Crippen LogP contribution in [0, 0.1) is 6.33 Å². The first-order valence-electron chi connectivity index (χ1n) is 28.6. The normalized spacial score (nSPS) is 16.5. The van der Waals surface area contributed by atoms with Crippen LogP contribution < -0.4 is 9.30 Å². The van der Waals surface area contributed by atoms with E-state index in [0.717, 1.165) is 75.4 Å². The van der Waals surface area contributed by atoms with Crippen molar-refractivity contribution in [2.75, 3.05) is 0 Å². The summed E-state index contributed by atoms with van der Waals surface area (Å²) in [5, 5.41) is 2.33. The van der Waals surface area contributed by atoms with Gasteiger partial charge in [-0.05, 0) is 192 Å². The molecule has 0 atom stereocenters. The zero-order chi connectivity index (χ0) is 54.5. The summed E-state index contributed by atoms with van der Waals surface area (Å²) >= 11 is 0. The first kappa shape index (κ1) is 49.3. The fourth-order valence-corrected chi connectivity index (χ4v) is 13.8. The predicted molar refractivity (Wildman–Crippen MR) is 327 cm³/mol. The number of hydrogen-bond acceptors (Lipinski definition) is 2. The van der Waals surface area contributed by atoms with E-state index in [9.17, 15) is 0 Å². The Labute approximate surface area is 466 Å². The van der Waals surface area contributed by atoms with E-state index in [-0.39, 0.29) is 27.1 Å². The van der Waals surface area contributed by atoms with Crippen molar-refractivity contribution in [2.45, 2.75) is 129 Å². The van der Waals surface area contributed by atoms with Crippen molar-refractivity contribution in [2.24, 2.45) is 0 Å². The maximum Gasteiger partial charge on any atom is 0.269 e. The van der Waals surface area contributed by atoms with E-state index in [1.807, 2.05) is 12.3 Å². The van der Waals surface area contributed by atoms with Crippen molar-refractivity contribution < 1.29 is 9.30 Å². The van der Waals surface area contributed by atoms with Gasteiger partial charge in [0.2, 0.25) is 0 Å². The summed E-state index contributed by atoms with van der Waals surface area (Å²) in [5.74, 6) is 2.38. The molecule has 0 fully saturated rings. The second kappa shape index (κ2) is 17.2. The molecule has 8 aromatic carbocycles. The molecule has 0 saturated carbocycles. The Morgan fingerprint density at radius 1 is 0.468 bits per heavy atom. The lowest BCUT2D eigenvalue weighted by Gasteiger charge is -2.44. The molecule has 3 heterocycles. The van der Waals surface area contributed by atoms with Gasteiger partial charge in [0.1, 0.15) is 17.3 Å². The first-order chi connectivity index (χ1) is 37.8. The standard InChI is InChI=1S/C74H70N4O/c1-70(2,3)46-32-37-75-68(38-46)78-63-26-15-14-24-52(63)53-31-30-49(40-67(53)78)79-48-21-18-20-47(39-48)76-45-77(65-28-17-16-27-64(65)76)66-29-19-25-54-50-22-12-13-23-51(50)55-41-59-60(72(6,7)34-33-71(59,4)5)42-56(55)57-43-61-62(44-58(57)69(54)66)74(10,11)36-35-73(61,8)9/h12-32,37-44H,33-36H2,1-11H3. The number of nitrogens with zero attached hydrogens (tertiary/aromatic N) is 4. The molecule has 0 saturated heterocycles. The summed E-state index contributed by atoms with van der Waals surface area (Å²) in [6.45, 7) is 26.4. The molecule has 392 valence electrons. The van der Waals surface area contributed by atoms with Crippen molar-refractivity contribution in [3.63, 3.8) is 0 Å². The third kappa shape index (κ3) is 7.77. The largest absolute Gasteiger partial charge is 0.458 e. The van der Waals surface area contributed by atoms with Gasteiger partial charge in [-0.25, -0.2) is 4.98 Å². The molecule has 0 aliphatic heterocycles. The molecule has 3 aliphatic rings. The molecule has 0 bridgehead atoms. The number of hydrogen-bond donors (Lipinski definition) is 0. The fraction of sp³-hybridized carbons (Fsp3) is 0.270. The summed E-state index contributed by atoms with van der Waals surface area (Å²) in [4.78, 5) is 4.93. The third-order valence-corrected chi connectivity index (χ3v) is 18.7. The highest BCUT2D eigenvalue weighted by molar-refractivity contribution is 6.10. The van der Waals surface area contributed by atoms with Crippen molar-refractivity contribution in [3.8, 4) is 73.2 Å². The van der Waals surface area contributed by atoms with E-state index in [2.05, 4.69) is 260 Å². The van der Waals surface area contributed by atoms with Gasteiger partial charge in [0.25, 0.3) is 6.33 Å². The molecule has 0 N–H and O–H groups in total. The van der Waals surface area contributed by atoms with Gasteiger partial charge < -0.3 is 4.74 Å². The van der Waals surface area contributed by atoms with E-state index in [0.29, 0.717) is 0 Å². The maximum atomic E-state index is 6.89. The minimum atomic E-state index is -0.0224. The van der Waals surface area contributed by atoms with Crippen LogP contribution in [0.3, 0.4) is 0 Å². The molecule has 11 aromatic rings. The molecule has 0 unspecified atom stereocenters. The van der Waals surface area contributed by atoms with E-state index in [4.69, 9.17) is 9.72 Å². The van der Waals surface area contributed by atoms with Crippen LogP contribution in [-0.2, 0) is 27.1 Å². The second-order valence-electron chi connectivity index (χ2n) is 26.7. The van der Waals surface area contributed by atoms with Crippen molar-refractivity contribution in [1.29, 1.82) is 0 Å². The topological polar surface area (TPSA) is 35.9 Å². The number of ether oxygens (including phenoxy) is 1. The zero-order valence-electron chi connectivity index (χ0n) is 47.8. The number of fused-ring (bicyclic) bond motifs is 14. The monoisotopic (exact) mass is 1030 g/mol. The van der Waals surface area contributed by atoms with Crippen molar-refractivity contribution in [1.82, 2.24) is 14.1 Å². The van der Waals surface area contributed by atoms with Crippen LogP contribution in [-0.4, -0.2) is 14.1 Å². The van der Waals surface area contributed by atoms with Crippen molar-refractivity contribution in [3.05, 3.63) is 210 Å². The SMILES string of the molecule is CC(C)(C)c1ccnc(-n2c3ccccc3c3ccc(Oc4cccc(-n5[c-][n+](-c6cccc7c6-c6cc8c(cc6-c6cc9c(cc6-c6ccccc6-7)C(C)(C)CCC9(C)C)C(C)(C)CCC8(C)C)c6ccccc65)c4)cc32)c1. The summed E-state index contributed by atoms with van der Waals surface area (Å²) in [6.07, 6.45) is 10.5. The van der Waals surface area contributed by atoms with Crippen LogP contribution in [0.2, 0.25) is 0 Å². The highest BCUT2D eigenvalue weighted by Gasteiger charge is 2.42. The van der Waals surface area contributed by atoms with Gasteiger partial charge in [-0.15, -0.1) is 0 Å². The summed E-state index contributed by atoms with van der Waals surface area (Å²) in [7, 11) is 0. The Bertz CT molecular complexity index is 4340. The minimum absolute atomic E-state index is 0.00176. The number of aromatic nitrogens is 4. The number of rotatable bonds is 5. The van der Waals surface area contributed by atoms with E-state index in [1.165, 1.54) is 84.1 Å².